The molecule has 2 unspecified atom stereocenters. The Morgan fingerprint density at radius 3 is 2.67 bits per heavy atom. The summed E-state index contributed by atoms with van der Waals surface area (Å²) in [6, 6.07) is 1.58. The maximum atomic E-state index is 10.5. The lowest BCUT2D eigenvalue weighted by molar-refractivity contribution is -0.121. The summed E-state index contributed by atoms with van der Waals surface area (Å²) in [6.07, 6.45) is -2.64. The van der Waals surface area contributed by atoms with E-state index < -0.39 is 18.1 Å². The first kappa shape index (κ1) is 12.1. The number of aliphatic hydroxyl groups is 3. The molecule has 0 aliphatic carbocycles. The Morgan fingerprint density at radius 1 is 1.53 bits per heavy atom. The first-order valence-electron chi connectivity index (χ1n) is 4.37. The number of carbonyl (C=O) groups excluding carboxylic acids is 1. The van der Waals surface area contributed by atoms with E-state index in [1.165, 1.54) is 11.3 Å². The van der Waals surface area contributed by atoms with Crippen LogP contribution in [0.3, 0.4) is 0 Å². The van der Waals surface area contributed by atoms with Gasteiger partial charge in [-0.25, -0.2) is 0 Å². The van der Waals surface area contributed by atoms with Crippen molar-refractivity contribution in [2.24, 2.45) is 5.73 Å². The molecule has 0 saturated heterocycles. The molecular formula is C9H13NO4S. The molecule has 0 aliphatic rings. The number of aliphatic hydroxyl groups excluding tert-OH is 3. The molecule has 5 nitrogen and oxygen atoms in total. The Hall–Kier alpha value is -0.950. The second-order valence-electron chi connectivity index (χ2n) is 3.19. The lowest BCUT2D eigenvalue weighted by Gasteiger charge is -2.14. The van der Waals surface area contributed by atoms with E-state index >= 15 is 0 Å². The smallest absolute Gasteiger partial charge is 0.220 e. The molecule has 0 saturated carbocycles. The highest BCUT2D eigenvalue weighted by atomic mass is 32.1. The van der Waals surface area contributed by atoms with Gasteiger partial charge >= 0.3 is 0 Å². The zero-order valence-electron chi connectivity index (χ0n) is 7.96. The minimum Gasteiger partial charge on any atom is -0.391 e. The predicted octanol–water partition coefficient (Wildman–Crippen LogP) is -0.490. The van der Waals surface area contributed by atoms with Crippen molar-refractivity contribution in [2.45, 2.75) is 25.2 Å². The Bertz CT molecular complexity index is 339. The number of amides is 1. The lowest BCUT2D eigenvalue weighted by atomic mass is 10.0. The van der Waals surface area contributed by atoms with E-state index in [1.807, 2.05) is 0 Å². The highest BCUT2D eigenvalue weighted by Crippen LogP contribution is 2.24. The first-order valence-corrected chi connectivity index (χ1v) is 5.25. The molecule has 0 radical (unpaired) electrons. The van der Waals surface area contributed by atoms with Gasteiger partial charge in [0, 0.05) is 4.88 Å². The van der Waals surface area contributed by atoms with Crippen LogP contribution in [0, 0.1) is 0 Å². The van der Waals surface area contributed by atoms with Crippen LogP contribution in [0.2, 0.25) is 0 Å². The van der Waals surface area contributed by atoms with Crippen molar-refractivity contribution in [3.8, 4) is 0 Å². The van der Waals surface area contributed by atoms with Crippen molar-refractivity contribution in [3.05, 3.63) is 21.9 Å². The maximum Gasteiger partial charge on any atom is 0.220 e. The first-order chi connectivity index (χ1) is 7.04. The Morgan fingerprint density at radius 2 is 2.20 bits per heavy atom. The summed E-state index contributed by atoms with van der Waals surface area (Å²) in [5, 5.41) is 29.5. The van der Waals surface area contributed by atoms with E-state index in [4.69, 9.17) is 10.8 Å². The van der Waals surface area contributed by atoms with E-state index in [2.05, 4.69) is 0 Å². The molecule has 6 heteroatoms. The highest BCUT2D eigenvalue weighted by Gasteiger charge is 2.21. The monoisotopic (exact) mass is 231 g/mol. The second-order valence-corrected chi connectivity index (χ2v) is 4.18. The summed E-state index contributed by atoms with van der Waals surface area (Å²) in [5.74, 6) is -0.667. The van der Waals surface area contributed by atoms with E-state index in [0.717, 1.165) is 0 Å². The van der Waals surface area contributed by atoms with Gasteiger partial charge in [0.1, 0.15) is 6.10 Å². The lowest BCUT2D eigenvalue weighted by Crippen LogP contribution is -2.25. The molecule has 1 aromatic rings. The number of hydrogen-bond acceptors (Lipinski definition) is 5. The molecule has 84 valence electrons. The molecule has 5 N–H and O–H groups in total. The summed E-state index contributed by atoms with van der Waals surface area (Å²) >= 11 is 1.28. The van der Waals surface area contributed by atoms with Gasteiger partial charge in [-0.05, 0) is 17.0 Å². The fourth-order valence-corrected chi connectivity index (χ4v) is 1.95. The van der Waals surface area contributed by atoms with Crippen molar-refractivity contribution in [2.75, 3.05) is 0 Å². The van der Waals surface area contributed by atoms with Crippen molar-refractivity contribution >= 4 is 17.2 Å². The number of rotatable bonds is 5. The van der Waals surface area contributed by atoms with Gasteiger partial charge in [-0.15, -0.1) is 11.3 Å². The van der Waals surface area contributed by atoms with Gasteiger partial charge in [-0.1, -0.05) is 0 Å². The van der Waals surface area contributed by atoms with E-state index in [0.29, 0.717) is 10.4 Å². The van der Waals surface area contributed by atoms with Crippen molar-refractivity contribution in [1.82, 2.24) is 0 Å². The zero-order valence-corrected chi connectivity index (χ0v) is 8.78. The molecule has 1 heterocycles. The van der Waals surface area contributed by atoms with Crippen molar-refractivity contribution in [1.29, 1.82) is 0 Å². The zero-order chi connectivity index (χ0) is 11.4. The molecule has 1 rings (SSSR count). The van der Waals surface area contributed by atoms with Crippen LogP contribution in [0.1, 0.15) is 23.0 Å². The summed E-state index contributed by atoms with van der Waals surface area (Å²) in [6.45, 7) is -0.108. The second kappa shape index (κ2) is 5.22. The Kier molecular flexibility index (Phi) is 4.22. The van der Waals surface area contributed by atoms with Gasteiger partial charge < -0.3 is 21.1 Å². The third-order valence-electron chi connectivity index (χ3n) is 1.95. The van der Waals surface area contributed by atoms with Gasteiger partial charge in [0.25, 0.3) is 0 Å². The fourth-order valence-electron chi connectivity index (χ4n) is 1.18. The van der Waals surface area contributed by atoms with Gasteiger partial charge in [-0.2, -0.15) is 0 Å². The fraction of sp³-hybridized carbons (Fsp3) is 0.444. The molecule has 0 bridgehead atoms. The van der Waals surface area contributed by atoms with Crippen LogP contribution in [-0.2, 0) is 11.4 Å². The molecular weight excluding hydrogens is 218 g/mol. The Labute approximate surface area is 90.8 Å². The summed E-state index contributed by atoms with van der Waals surface area (Å²) in [7, 11) is 0. The number of hydrogen-bond donors (Lipinski definition) is 4. The van der Waals surface area contributed by atoms with Gasteiger partial charge in [0.05, 0.1) is 19.1 Å². The minimum atomic E-state index is -1.20. The summed E-state index contributed by atoms with van der Waals surface area (Å²) < 4.78 is 0. The van der Waals surface area contributed by atoms with E-state index in [9.17, 15) is 15.0 Å². The predicted molar refractivity (Wildman–Crippen MR) is 55.0 cm³/mol. The topological polar surface area (TPSA) is 104 Å². The minimum absolute atomic E-state index is 0.108. The number of nitrogens with two attached hydrogens (primary N) is 1. The van der Waals surface area contributed by atoms with Crippen molar-refractivity contribution in [3.63, 3.8) is 0 Å². The average molecular weight is 231 g/mol. The van der Waals surface area contributed by atoms with Gasteiger partial charge in [0.2, 0.25) is 5.91 Å². The molecule has 0 aliphatic heterocycles. The third-order valence-corrected chi connectivity index (χ3v) is 2.89. The van der Waals surface area contributed by atoms with Crippen LogP contribution in [-0.4, -0.2) is 27.3 Å². The molecule has 2 atom stereocenters. The molecule has 1 amide bonds. The summed E-state index contributed by atoms with van der Waals surface area (Å²) in [5.41, 5.74) is 5.38. The SMILES string of the molecule is NC(=O)CC(O)C(O)c1csc(CO)c1. The number of carbonyl (C=O) groups is 1. The number of primary amides is 1. The van der Waals surface area contributed by atoms with Crippen LogP contribution in [0.25, 0.3) is 0 Å². The normalized spacial score (nSPS) is 14.9. The van der Waals surface area contributed by atoms with Crippen LogP contribution >= 0.6 is 11.3 Å². The van der Waals surface area contributed by atoms with Gasteiger partial charge in [0.15, 0.2) is 0 Å². The molecule has 15 heavy (non-hydrogen) atoms. The van der Waals surface area contributed by atoms with Crippen LogP contribution < -0.4 is 5.73 Å². The van der Waals surface area contributed by atoms with Crippen molar-refractivity contribution < 1.29 is 20.1 Å². The molecule has 0 aromatic carbocycles. The molecule has 0 spiro atoms. The van der Waals surface area contributed by atoms with Crippen LogP contribution in [0.4, 0.5) is 0 Å². The largest absolute Gasteiger partial charge is 0.391 e. The highest BCUT2D eigenvalue weighted by molar-refractivity contribution is 7.10. The van der Waals surface area contributed by atoms with Gasteiger partial charge in [-0.3, -0.25) is 4.79 Å². The molecule has 1 aromatic heterocycles. The Balaban J connectivity index is 2.66. The maximum absolute atomic E-state index is 10.5. The summed E-state index contributed by atoms with van der Waals surface area (Å²) in [4.78, 5) is 11.2. The van der Waals surface area contributed by atoms with Crippen LogP contribution in [0.15, 0.2) is 11.4 Å². The average Bonchev–Trinajstić information content (AvgIpc) is 2.63. The van der Waals surface area contributed by atoms with E-state index in [-0.39, 0.29) is 13.0 Å². The third kappa shape index (κ3) is 3.28. The number of thiophene rings is 1. The van der Waals surface area contributed by atoms with E-state index in [1.54, 1.807) is 11.4 Å². The quantitative estimate of drug-likeness (QED) is 0.549. The molecule has 0 fully saturated rings. The standard InChI is InChI=1S/C9H13NO4S/c10-8(13)2-7(12)9(14)5-1-6(3-11)15-4-5/h1,4,7,9,11-12,14H,2-3H2,(H2,10,13). The van der Waals surface area contributed by atoms with Crippen LogP contribution in [0.5, 0.6) is 0 Å².